The highest BCUT2D eigenvalue weighted by atomic mass is 32.1. The van der Waals surface area contributed by atoms with E-state index >= 15 is 0 Å². The monoisotopic (exact) mass is 415 g/mol. The van der Waals surface area contributed by atoms with E-state index in [4.69, 9.17) is 4.74 Å². The van der Waals surface area contributed by atoms with E-state index in [1.54, 1.807) is 0 Å². The van der Waals surface area contributed by atoms with Crippen molar-refractivity contribution in [2.24, 2.45) is 0 Å². The number of hydrogen-bond donors (Lipinski definition) is 2. The first-order valence-electron chi connectivity index (χ1n) is 9.96. The van der Waals surface area contributed by atoms with Crippen molar-refractivity contribution in [1.82, 2.24) is 5.32 Å². The van der Waals surface area contributed by atoms with Crippen LogP contribution in [0, 0.1) is 0 Å². The molecule has 0 bridgehead atoms. The lowest BCUT2D eigenvalue weighted by Gasteiger charge is -2.15. The first-order chi connectivity index (χ1) is 14.7. The summed E-state index contributed by atoms with van der Waals surface area (Å²) in [4.78, 5) is 13.1. The lowest BCUT2D eigenvalue weighted by atomic mass is 9.98. The molecule has 4 aromatic rings. The van der Waals surface area contributed by atoms with Crippen molar-refractivity contribution in [2.45, 2.75) is 12.0 Å². The molecule has 30 heavy (non-hydrogen) atoms. The number of nitrogens with one attached hydrogen (secondary N) is 1. The molecule has 3 aromatic carbocycles. The number of ether oxygens (including phenoxy) is 1. The van der Waals surface area contributed by atoms with E-state index in [0.717, 1.165) is 15.0 Å². The fraction of sp³-hybridized carbons (Fsp3) is 0.160. The molecule has 2 N–H and O–H groups in total. The molecule has 1 aliphatic carbocycles. The lowest BCUT2D eigenvalue weighted by Crippen LogP contribution is -2.29. The second-order valence-corrected chi connectivity index (χ2v) is 8.52. The van der Waals surface area contributed by atoms with Crippen LogP contribution in [0.15, 0.2) is 78.9 Å². The maximum Gasteiger partial charge on any atom is 0.407 e. The molecule has 0 saturated carbocycles. The van der Waals surface area contributed by atoms with Gasteiger partial charge in [0, 0.05) is 15.5 Å². The third-order valence-electron chi connectivity index (χ3n) is 5.56. The SMILES string of the molecule is O=C(NCC(O)c1cc2ccccc2s1)OCC1c2ccccc2-c2ccccc21. The first-order valence-corrected chi connectivity index (χ1v) is 10.8. The summed E-state index contributed by atoms with van der Waals surface area (Å²) < 4.78 is 6.65. The zero-order chi connectivity index (χ0) is 20.5. The molecule has 0 fully saturated rings. The molecule has 1 amide bonds. The summed E-state index contributed by atoms with van der Waals surface area (Å²) in [6.45, 7) is 0.377. The largest absolute Gasteiger partial charge is 0.449 e. The van der Waals surface area contributed by atoms with Gasteiger partial charge in [0.2, 0.25) is 0 Å². The zero-order valence-corrected chi connectivity index (χ0v) is 17.1. The Balaban J connectivity index is 1.21. The number of benzene rings is 3. The summed E-state index contributed by atoms with van der Waals surface area (Å²) in [5.41, 5.74) is 4.75. The maximum absolute atomic E-state index is 12.3. The summed E-state index contributed by atoms with van der Waals surface area (Å²) in [5.74, 6) is 0.0238. The molecule has 0 radical (unpaired) electrons. The summed E-state index contributed by atoms with van der Waals surface area (Å²) in [7, 11) is 0. The highest BCUT2D eigenvalue weighted by molar-refractivity contribution is 7.19. The van der Waals surface area contributed by atoms with Gasteiger partial charge in [-0.3, -0.25) is 0 Å². The zero-order valence-electron chi connectivity index (χ0n) is 16.2. The minimum absolute atomic E-state index is 0.0238. The van der Waals surface area contributed by atoms with E-state index in [2.05, 4.69) is 29.6 Å². The molecule has 4 nitrogen and oxygen atoms in total. The maximum atomic E-state index is 12.3. The van der Waals surface area contributed by atoms with E-state index < -0.39 is 12.2 Å². The van der Waals surface area contributed by atoms with Gasteiger partial charge in [-0.1, -0.05) is 66.7 Å². The number of fused-ring (bicyclic) bond motifs is 4. The van der Waals surface area contributed by atoms with E-state index in [1.165, 1.54) is 33.6 Å². The average molecular weight is 416 g/mol. The molecule has 1 heterocycles. The Kier molecular flexibility index (Phi) is 4.99. The number of aliphatic hydroxyl groups excluding tert-OH is 1. The van der Waals surface area contributed by atoms with Crippen LogP contribution in [0.3, 0.4) is 0 Å². The van der Waals surface area contributed by atoms with Crippen molar-refractivity contribution >= 4 is 27.5 Å². The van der Waals surface area contributed by atoms with Crippen LogP contribution in [0.2, 0.25) is 0 Å². The molecule has 1 atom stereocenters. The number of alkyl carbamates (subject to hydrolysis) is 1. The van der Waals surface area contributed by atoms with E-state index in [0.29, 0.717) is 0 Å². The highest BCUT2D eigenvalue weighted by Crippen LogP contribution is 2.44. The second kappa shape index (κ2) is 7.94. The third-order valence-corrected chi connectivity index (χ3v) is 6.77. The summed E-state index contributed by atoms with van der Waals surface area (Å²) >= 11 is 1.53. The van der Waals surface area contributed by atoms with Gasteiger partial charge in [-0.2, -0.15) is 0 Å². The average Bonchev–Trinajstić information content (AvgIpc) is 3.35. The summed E-state index contributed by atoms with van der Waals surface area (Å²) in [6, 6.07) is 26.4. The number of rotatable bonds is 5. The number of carbonyl (C=O) groups is 1. The Hall–Kier alpha value is -3.15. The van der Waals surface area contributed by atoms with E-state index in [1.807, 2.05) is 54.6 Å². The van der Waals surface area contributed by atoms with E-state index in [9.17, 15) is 9.90 Å². The van der Waals surface area contributed by atoms with Gasteiger partial charge in [0.05, 0.1) is 6.54 Å². The molecule has 0 spiro atoms. The number of thiophene rings is 1. The topological polar surface area (TPSA) is 58.6 Å². The Morgan fingerprint density at radius 2 is 1.60 bits per heavy atom. The van der Waals surface area contributed by atoms with Crippen molar-refractivity contribution in [2.75, 3.05) is 13.2 Å². The van der Waals surface area contributed by atoms with Crippen molar-refractivity contribution in [1.29, 1.82) is 0 Å². The molecule has 1 aliphatic rings. The first kappa shape index (κ1) is 18.9. The van der Waals surface area contributed by atoms with Crippen LogP contribution < -0.4 is 5.32 Å². The second-order valence-electron chi connectivity index (χ2n) is 7.41. The Bertz CT molecular complexity index is 1140. The van der Waals surface area contributed by atoms with Crippen LogP contribution in [-0.2, 0) is 4.74 Å². The smallest absolute Gasteiger partial charge is 0.407 e. The van der Waals surface area contributed by atoms with Crippen molar-refractivity contribution < 1.29 is 14.6 Å². The van der Waals surface area contributed by atoms with Crippen molar-refractivity contribution in [3.63, 3.8) is 0 Å². The number of amides is 1. The van der Waals surface area contributed by atoms with Gasteiger partial charge in [-0.25, -0.2) is 4.79 Å². The van der Waals surface area contributed by atoms with Gasteiger partial charge in [-0.05, 0) is 39.8 Å². The van der Waals surface area contributed by atoms with Gasteiger partial charge >= 0.3 is 6.09 Å². The third kappa shape index (κ3) is 3.47. The standard InChI is InChI=1S/C25H21NO3S/c27-22(24-13-16-7-1-6-12-23(16)30-24)14-26-25(28)29-15-21-19-10-4-2-8-17(19)18-9-3-5-11-20(18)21/h1-13,21-22,27H,14-15H2,(H,26,28). The lowest BCUT2D eigenvalue weighted by molar-refractivity contribution is 0.129. The van der Waals surface area contributed by atoms with Crippen molar-refractivity contribution in [3.05, 3.63) is 94.9 Å². The van der Waals surface area contributed by atoms with Gasteiger partial charge in [0.1, 0.15) is 12.7 Å². The molecule has 0 aliphatic heterocycles. The van der Waals surface area contributed by atoms with Crippen LogP contribution in [0.4, 0.5) is 4.79 Å². The van der Waals surface area contributed by atoms with Gasteiger partial charge < -0.3 is 15.2 Å². The molecule has 150 valence electrons. The van der Waals surface area contributed by atoms with Gasteiger partial charge in [0.15, 0.2) is 0 Å². The molecule has 5 rings (SSSR count). The quantitative estimate of drug-likeness (QED) is 0.454. The van der Waals surface area contributed by atoms with Crippen LogP contribution in [0.25, 0.3) is 21.2 Å². The number of aliphatic hydroxyl groups is 1. The number of carbonyl (C=O) groups excluding carboxylic acids is 1. The molecular weight excluding hydrogens is 394 g/mol. The molecular formula is C25H21NO3S. The predicted octanol–water partition coefficient (Wildman–Crippen LogP) is 5.47. The Morgan fingerprint density at radius 3 is 2.30 bits per heavy atom. The van der Waals surface area contributed by atoms with Crippen LogP contribution in [-0.4, -0.2) is 24.4 Å². The normalized spacial score (nSPS) is 13.6. The molecule has 0 saturated heterocycles. The Morgan fingerprint density at radius 1 is 0.967 bits per heavy atom. The molecule has 5 heteroatoms. The fourth-order valence-corrected chi connectivity index (χ4v) is 5.15. The van der Waals surface area contributed by atoms with Gasteiger partial charge in [0.25, 0.3) is 0 Å². The van der Waals surface area contributed by atoms with E-state index in [-0.39, 0.29) is 19.1 Å². The predicted molar refractivity (Wildman–Crippen MR) is 120 cm³/mol. The minimum Gasteiger partial charge on any atom is -0.449 e. The van der Waals surface area contributed by atoms with Crippen LogP contribution >= 0.6 is 11.3 Å². The molecule has 1 unspecified atom stereocenters. The highest BCUT2D eigenvalue weighted by Gasteiger charge is 2.29. The minimum atomic E-state index is -0.761. The van der Waals surface area contributed by atoms with Crippen LogP contribution in [0.1, 0.15) is 28.0 Å². The van der Waals surface area contributed by atoms with Crippen LogP contribution in [0.5, 0.6) is 0 Å². The molecule has 1 aromatic heterocycles. The van der Waals surface area contributed by atoms with Gasteiger partial charge in [-0.15, -0.1) is 11.3 Å². The summed E-state index contributed by atoms with van der Waals surface area (Å²) in [6.07, 6.45) is -1.28. The Labute approximate surface area is 178 Å². The number of hydrogen-bond acceptors (Lipinski definition) is 4. The van der Waals surface area contributed by atoms with Crippen molar-refractivity contribution in [3.8, 4) is 11.1 Å². The fourth-order valence-electron chi connectivity index (χ4n) is 4.10. The summed E-state index contributed by atoms with van der Waals surface area (Å²) in [5, 5.41) is 14.2.